The molecule has 0 aliphatic carbocycles. The molecule has 0 saturated heterocycles. The fraction of sp³-hybridized carbons (Fsp3) is 0.235. The summed E-state index contributed by atoms with van der Waals surface area (Å²) in [6, 6.07) is 7.35. The van der Waals surface area contributed by atoms with Crippen LogP contribution in [-0.2, 0) is 14.3 Å². The number of carbonyl (C=O) groups is 1. The first kappa shape index (κ1) is 16.5. The fourth-order valence-corrected chi connectivity index (χ4v) is 2.01. The molecule has 6 heteroatoms. The van der Waals surface area contributed by atoms with Crippen LogP contribution in [0, 0.1) is 0 Å². The second-order valence-electron chi connectivity index (χ2n) is 4.52. The maximum atomic E-state index is 12.0. The van der Waals surface area contributed by atoms with Crippen molar-refractivity contribution in [3.63, 3.8) is 0 Å². The first-order chi connectivity index (χ1) is 11.2. The van der Waals surface area contributed by atoms with Crippen LogP contribution in [0.4, 0.5) is 0 Å². The Morgan fingerprint density at radius 3 is 2.17 bits per heavy atom. The minimum atomic E-state index is -0.715. The second-order valence-corrected chi connectivity index (χ2v) is 4.52. The molecule has 0 saturated carbocycles. The Bertz CT molecular complexity index is 681. The summed E-state index contributed by atoms with van der Waals surface area (Å²) in [6.45, 7) is 3.71. The lowest BCUT2D eigenvalue weighted by Crippen LogP contribution is -2.40. The van der Waals surface area contributed by atoms with Gasteiger partial charge < -0.3 is 14.6 Å². The Kier molecular flexibility index (Phi) is 5.68. The summed E-state index contributed by atoms with van der Waals surface area (Å²) in [5, 5.41) is 12.0. The third-order valence-electron chi connectivity index (χ3n) is 3.04. The number of esters is 1. The Morgan fingerprint density at radius 1 is 1.04 bits per heavy atom. The van der Waals surface area contributed by atoms with Crippen LogP contribution in [-0.4, -0.2) is 24.2 Å². The molecular formula is C17H18N2O4. The molecule has 0 unspecified atom stereocenters. The number of rotatable bonds is 6. The van der Waals surface area contributed by atoms with Crippen LogP contribution in [0.5, 0.6) is 0 Å². The van der Waals surface area contributed by atoms with Crippen LogP contribution in [0.15, 0.2) is 55.0 Å². The van der Waals surface area contributed by atoms with E-state index in [1.165, 1.54) is 4.57 Å². The Balaban J connectivity index is 2.37. The molecule has 0 radical (unpaired) electrons. The lowest BCUT2D eigenvalue weighted by atomic mass is 10.1. The Hall–Kier alpha value is -2.89. The van der Waals surface area contributed by atoms with E-state index in [2.05, 4.69) is 4.98 Å². The molecule has 0 fully saturated rings. The molecule has 0 bridgehead atoms. The summed E-state index contributed by atoms with van der Waals surface area (Å²) in [5.74, 6) is -1.43. The van der Waals surface area contributed by atoms with E-state index in [0.717, 1.165) is 11.1 Å². The minimum absolute atomic E-state index is 0.171. The van der Waals surface area contributed by atoms with E-state index >= 15 is 0 Å². The van der Waals surface area contributed by atoms with Gasteiger partial charge in [-0.05, 0) is 36.8 Å². The van der Waals surface area contributed by atoms with Gasteiger partial charge in [-0.15, -0.1) is 0 Å². The molecule has 2 rings (SSSR count). The second kappa shape index (κ2) is 7.93. The largest absolute Gasteiger partial charge is 0.609 e. The van der Waals surface area contributed by atoms with Crippen molar-refractivity contribution < 1.29 is 23.9 Å². The summed E-state index contributed by atoms with van der Waals surface area (Å²) in [6.07, 6.45) is 6.65. The van der Waals surface area contributed by atoms with Gasteiger partial charge in [0.2, 0.25) is 0 Å². The van der Waals surface area contributed by atoms with Crippen molar-refractivity contribution in [1.29, 1.82) is 0 Å². The predicted octanol–water partition coefficient (Wildman–Crippen LogP) is 1.12. The zero-order chi connectivity index (χ0) is 16.7. The zero-order valence-electron chi connectivity index (χ0n) is 13.1. The van der Waals surface area contributed by atoms with E-state index in [0.29, 0.717) is 0 Å². The predicted molar refractivity (Wildman–Crippen MR) is 81.3 cm³/mol. The summed E-state index contributed by atoms with van der Waals surface area (Å²) < 4.78 is 11.3. The molecule has 2 heterocycles. The van der Waals surface area contributed by atoms with Gasteiger partial charge in [0.05, 0.1) is 6.61 Å². The molecular weight excluding hydrogens is 296 g/mol. The average Bonchev–Trinajstić information content (AvgIpc) is 2.57. The van der Waals surface area contributed by atoms with Crippen LogP contribution in [0.3, 0.4) is 0 Å². The first-order valence-corrected chi connectivity index (χ1v) is 7.30. The van der Waals surface area contributed by atoms with E-state index in [-0.39, 0.29) is 18.9 Å². The first-order valence-electron chi connectivity index (χ1n) is 7.30. The van der Waals surface area contributed by atoms with Crippen molar-refractivity contribution in [2.45, 2.75) is 13.8 Å². The molecule has 120 valence electrons. The summed E-state index contributed by atoms with van der Waals surface area (Å²) in [5.41, 5.74) is 1.76. The molecule has 0 atom stereocenters. The lowest BCUT2D eigenvalue weighted by molar-refractivity contribution is -0.586. The van der Waals surface area contributed by atoms with E-state index in [4.69, 9.17) is 9.47 Å². The Morgan fingerprint density at radius 2 is 1.61 bits per heavy atom. The third-order valence-corrected chi connectivity index (χ3v) is 3.04. The van der Waals surface area contributed by atoms with Gasteiger partial charge in [0.15, 0.2) is 12.4 Å². The molecule has 0 amide bonds. The number of aromatic nitrogens is 2. The Labute approximate surface area is 134 Å². The van der Waals surface area contributed by atoms with Gasteiger partial charge in [-0.2, -0.15) is 4.57 Å². The SMILES string of the molecule is CCOC(=O)/C(=C(\[O-])OCC)[n+]1ccc(-c2ccncc2)cc1. The van der Waals surface area contributed by atoms with Crippen molar-refractivity contribution in [3.8, 4) is 11.1 Å². The standard InChI is InChI=1S/C17H18N2O4/c1-3-22-16(20)15(17(21)23-4-2)19-11-7-14(8-12-19)13-5-9-18-10-6-13/h5-12H,3-4H2,1-2H3. The smallest absolute Gasteiger partial charge is 0.406 e. The summed E-state index contributed by atoms with van der Waals surface area (Å²) in [7, 11) is 0. The summed E-state index contributed by atoms with van der Waals surface area (Å²) in [4.78, 5) is 16.0. The molecule has 0 N–H and O–H groups in total. The summed E-state index contributed by atoms with van der Waals surface area (Å²) >= 11 is 0. The highest BCUT2D eigenvalue weighted by molar-refractivity contribution is 6.06. The average molecular weight is 314 g/mol. The van der Waals surface area contributed by atoms with Gasteiger partial charge in [0, 0.05) is 24.5 Å². The van der Waals surface area contributed by atoms with Crippen molar-refractivity contribution in [2.24, 2.45) is 0 Å². The van der Waals surface area contributed by atoms with Gasteiger partial charge in [-0.1, -0.05) is 6.92 Å². The van der Waals surface area contributed by atoms with Crippen LogP contribution in [0.2, 0.25) is 0 Å². The molecule has 0 aromatic carbocycles. The molecule has 23 heavy (non-hydrogen) atoms. The molecule has 2 aromatic heterocycles. The minimum Gasteiger partial charge on any atom is -0.609 e. The fourth-order valence-electron chi connectivity index (χ4n) is 2.01. The van der Waals surface area contributed by atoms with Crippen LogP contribution in [0.1, 0.15) is 13.8 Å². The van der Waals surface area contributed by atoms with E-state index in [1.807, 2.05) is 12.1 Å². The normalized spacial score (nSPS) is 11.6. The topological polar surface area (TPSA) is 75.4 Å². The number of hydrogen-bond acceptors (Lipinski definition) is 5. The molecule has 0 aliphatic heterocycles. The van der Waals surface area contributed by atoms with Crippen molar-refractivity contribution >= 4 is 11.7 Å². The van der Waals surface area contributed by atoms with Gasteiger partial charge in [0.25, 0.3) is 0 Å². The maximum Gasteiger partial charge on any atom is 0.406 e. The van der Waals surface area contributed by atoms with Crippen molar-refractivity contribution in [3.05, 3.63) is 55.0 Å². The van der Waals surface area contributed by atoms with Crippen molar-refractivity contribution in [1.82, 2.24) is 4.98 Å². The van der Waals surface area contributed by atoms with Crippen LogP contribution >= 0.6 is 0 Å². The molecule has 0 aliphatic rings. The van der Waals surface area contributed by atoms with Gasteiger partial charge >= 0.3 is 11.7 Å². The molecule has 0 spiro atoms. The number of hydrogen-bond donors (Lipinski definition) is 0. The highest BCUT2D eigenvalue weighted by Crippen LogP contribution is 2.16. The van der Waals surface area contributed by atoms with Gasteiger partial charge in [0.1, 0.15) is 5.95 Å². The maximum absolute atomic E-state index is 12.0. The quantitative estimate of drug-likeness (QED) is 0.346. The molecule has 2 aromatic rings. The highest BCUT2D eigenvalue weighted by Gasteiger charge is 2.24. The molecule has 6 nitrogen and oxygen atoms in total. The highest BCUT2D eigenvalue weighted by atomic mass is 16.6. The third kappa shape index (κ3) is 4.06. The van der Waals surface area contributed by atoms with Crippen LogP contribution in [0.25, 0.3) is 16.8 Å². The number of pyridine rings is 2. The number of carbonyl (C=O) groups excluding carboxylic acids is 1. The van der Waals surface area contributed by atoms with Gasteiger partial charge in [-0.3, -0.25) is 4.98 Å². The van der Waals surface area contributed by atoms with Gasteiger partial charge in [-0.25, -0.2) is 4.79 Å². The number of nitrogens with zero attached hydrogens (tertiary/aromatic N) is 2. The zero-order valence-corrected chi connectivity index (χ0v) is 13.1. The lowest BCUT2D eigenvalue weighted by Gasteiger charge is -2.13. The van der Waals surface area contributed by atoms with E-state index in [1.54, 1.807) is 50.8 Å². The monoisotopic (exact) mass is 314 g/mol. The number of ether oxygens (including phenoxy) is 2. The van der Waals surface area contributed by atoms with Crippen LogP contribution < -0.4 is 9.67 Å². The van der Waals surface area contributed by atoms with Crippen molar-refractivity contribution in [2.75, 3.05) is 13.2 Å². The van der Waals surface area contributed by atoms with E-state index < -0.39 is 11.9 Å². The van der Waals surface area contributed by atoms with E-state index in [9.17, 15) is 9.90 Å².